The molecule has 1 aromatic heterocycles. The highest BCUT2D eigenvalue weighted by atomic mass is 19.4. The molecule has 0 bridgehead atoms. The Balaban J connectivity index is 1.11. The van der Waals surface area contributed by atoms with Crippen molar-refractivity contribution in [2.75, 3.05) is 32.7 Å². The number of hydrogen-bond acceptors (Lipinski definition) is 4. The molecular formula is C25H28F3N5O3. The van der Waals surface area contributed by atoms with Crippen LogP contribution in [0.4, 0.5) is 18.0 Å². The minimum atomic E-state index is -4.74. The Bertz CT molecular complexity index is 1110. The molecule has 2 unspecified atom stereocenters. The highest BCUT2D eigenvalue weighted by molar-refractivity contribution is 5.91. The van der Waals surface area contributed by atoms with Crippen LogP contribution < -0.4 is 4.74 Å². The molecule has 5 rings (SSSR count). The van der Waals surface area contributed by atoms with Crippen molar-refractivity contribution >= 4 is 18.0 Å². The number of alkyl halides is 3. The standard InChI is InChI=1S/C25H28F3N5O3/c26-25(27,28)36-21-4-1-17(2-5-21)3-6-23(34)31-10-7-18-14-33(15-19(18)8-11-31)24(35)32-12-9-22-20(16-32)13-29-30-22/h1-6,13,18-19H,7-12,14-16H2,(H,29,30)/b6-3+. The number of aromatic amines is 1. The number of ether oxygens (including phenoxy) is 1. The van der Waals surface area contributed by atoms with Gasteiger partial charge in [0.15, 0.2) is 0 Å². The average Bonchev–Trinajstić information content (AvgIpc) is 3.44. The van der Waals surface area contributed by atoms with Gasteiger partial charge in [-0.15, -0.1) is 13.2 Å². The Morgan fingerprint density at radius 2 is 1.69 bits per heavy atom. The summed E-state index contributed by atoms with van der Waals surface area (Å²) in [6.07, 6.45) is 2.57. The number of benzene rings is 1. The predicted octanol–water partition coefficient (Wildman–Crippen LogP) is 3.67. The fraction of sp³-hybridized carbons (Fsp3) is 0.480. The molecule has 4 heterocycles. The van der Waals surface area contributed by atoms with Crippen LogP contribution in [0.5, 0.6) is 5.75 Å². The molecule has 8 nitrogen and oxygen atoms in total. The molecule has 1 aromatic carbocycles. The maximum absolute atomic E-state index is 13.1. The molecule has 192 valence electrons. The van der Waals surface area contributed by atoms with Crippen LogP contribution in [0.3, 0.4) is 0 Å². The first-order chi connectivity index (χ1) is 17.2. The van der Waals surface area contributed by atoms with E-state index in [-0.39, 0.29) is 17.7 Å². The number of hydrogen-bond donors (Lipinski definition) is 1. The van der Waals surface area contributed by atoms with Crippen LogP contribution in [0.2, 0.25) is 0 Å². The van der Waals surface area contributed by atoms with Crippen LogP contribution in [0.1, 0.15) is 29.7 Å². The number of rotatable bonds is 3. The van der Waals surface area contributed by atoms with Crippen molar-refractivity contribution in [1.82, 2.24) is 24.9 Å². The minimum absolute atomic E-state index is 0.0810. The summed E-state index contributed by atoms with van der Waals surface area (Å²) < 4.78 is 40.7. The summed E-state index contributed by atoms with van der Waals surface area (Å²) in [7, 11) is 0. The van der Waals surface area contributed by atoms with Gasteiger partial charge in [0.05, 0.1) is 12.7 Å². The molecular weight excluding hydrogens is 475 g/mol. The third-order valence-corrected chi connectivity index (χ3v) is 7.30. The Morgan fingerprint density at radius 1 is 1.00 bits per heavy atom. The van der Waals surface area contributed by atoms with E-state index in [1.54, 1.807) is 12.3 Å². The van der Waals surface area contributed by atoms with Crippen molar-refractivity contribution in [3.05, 3.63) is 53.4 Å². The summed E-state index contributed by atoms with van der Waals surface area (Å²) >= 11 is 0. The van der Waals surface area contributed by atoms with Gasteiger partial charge in [0.1, 0.15) is 5.75 Å². The molecule has 2 fully saturated rings. The van der Waals surface area contributed by atoms with Gasteiger partial charge in [-0.3, -0.25) is 9.89 Å². The number of nitrogens with one attached hydrogen (secondary N) is 1. The van der Waals surface area contributed by atoms with Crippen molar-refractivity contribution in [2.45, 2.75) is 32.2 Å². The molecule has 0 aliphatic carbocycles. The minimum Gasteiger partial charge on any atom is -0.406 e. The van der Waals surface area contributed by atoms with Gasteiger partial charge in [-0.1, -0.05) is 12.1 Å². The zero-order chi connectivity index (χ0) is 25.3. The molecule has 2 saturated heterocycles. The van der Waals surface area contributed by atoms with Crippen LogP contribution in [0.15, 0.2) is 36.5 Å². The van der Waals surface area contributed by atoms with Gasteiger partial charge in [0.2, 0.25) is 5.91 Å². The number of nitrogens with zero attached hydrogens (tertiary/aromatic N) is 4. The number of H-pyrrole nitrogens is 1. The molecule has 0 radical (unpaired) electrons. The summed E-state index contributed by atoms with van der Waals surface area (Å²) in [4.78, 5) is 31.5. The van der Waals surface area contributed by atoms with Crippen molar-refractivity contribution < 1.29 is 27.5 Å². The van der Waals surface area contributed by atoms with Crippen LogP contribution >= 0.6 is 0 Å². The predicted molar refractivity (Wildman–Crippen MR) is 125 cm³/mol. The largest absolute Gasteiger partial charge is 0.573 e. The second-order valence-corrected chi connectivity index (χ2v) is 9.61. The summed E-state index contributed by atoms with van der Waals surface area (Å²) in [5.41, 5.74) is 2.80. The lowest BCUT2D eigenvalue weighted by atomic mass is 9.92. The molecule has 3 amide bonds. The number of carbonyl (C=O) groups is 2. The molecule has 2 aromatic rings. The number of carbonyl (C=O) groups excluding carboxylic acids is 2. The lowest BCUT2D eigenvalue weighted by Gasteiger charge is -2.31. The van der Waals surface area contributed by atoms with Crippen LogP contribution in [-0.2, 0) is 17.8 Å². The summed E-state index contributed by atoms with van der Waals surface area (Å²) in [5, 5.41) is 7.07. The first-order valence-corrected chi connectivity index (χ1v) is 12.1. The second-order valence-electron chi connectivity index (χ2n) is 9.61. The maximum atomic E-state index is 13.1. The number of likely N-dealkylation sites (tertiary alicyclic amines) is 2. The molecule has 3 aliphatic rings. The topological polar surface area (TPSA) is 81.8 Å². The lowest BCUT2D eigenvalue weighted by molar-refractivity contribution is -0.274. The smallest absolute Gasteiger partial charge is 0.406 e. The molecule has 2 atom stereocenters. The molecule has 36 heavy (non-hydrogen) atoms. The van der Waals surface area contributed by atoms with E-state index in [0.29, 0.717) is 56.7 Å². The first kappa shape index (κ1) is 24.2. The second kappa shape index (κ2) is 9.87. The molecule has 3 aliphatic heterocycles. The summed E-state index contributed by atoms with van der Waals surface area (Å²) in [6, 6.07) is 5.46. The quantitative estimate of drug-likeness (QED) is 0.649. The maximum Gasteiger partial charge on any atom is 0.573 e. The Hall–Kier alpha value is -3.50. The highest BCUT2D eigenvalue weighted by Crippen LogP contribution is 2.33. The van der Waals surface area contributed by atoms with Gasteiger partial charge in [0, 0.05) is 56.5 Å². The van der Waals surface area contributed by atoms with Gasteiger partial charge in [0.25, 0.3) is 0 Å². The number of halogens is 3. The SMILES string of the molecule is O=C(/C=C/c1ccc(OC(F)(F)F)cc1)N1CCC2CN(C(=O)N3CCc4[nH]ncc4C3)CC2CC1. The van der Waals surface area contributed by atoms with Crippen LogP contribution in [0, 0.1) is 11.8 Å². The van der Waals surface area contributed by atoms with Crippen molar-refractivity contribution in [1.29, 1.82) is 0 Å². The van der Waals surface area contributed by atoms with E-state index in [0.717, 1.165) is 30.5 Å². The zero-order valence-electron chi connectivity index (χ0n) is 19.7. The van der Waals surface area contributed by atoms with E-state index >= 15 is 0 Å². The van der Waals surface area contributed by atoms with E-state index in [1.165, 1.54) is 30.3 Å². The van der Waals surface area contributed by atoms with Gasteiger partial charge >= 0.3 is 12.4 Å². The molecule has 1 N–H and O–H groups in total. The van der Waals surface area contributed by atoms with Gasteiger partial charge in [-0.25, -0.2) is 4.79 Å². The lowest BCUT2D eigenvalue weighted by Crippen LogP contribution is -2.44. The fourth-order valence-corrected chi connectivity index (χ4v) is 5.36. The number of aromatic nitrogens is 2. The third-order valence-electron chi connectivity index (χ3n) is 7.30. The Kier molecular flexibility index (Phi) is 6.63. The van der Waals surface area contributed by atoms with E-state index < -0.39 is 6.36 Å². The normalized spacial score (nSPS) is 22.4. The number of amides is 3. The zero-order valence-corrected chi connectivity index (χ0v) is 19.7. The van der Waals surface area contributed by atoms with Gasteiger partial charge in [-0.2, -0.15) is 5.10 Å². The van der Waals surface area contributed by atoms with Crippen molar-refractivity contribution in [2.24, 2.45) is 11.8 Å². The molecule has 11 heteroatoms. The van der Waals surface area contributed by atoms with Crippen molar-refractivity contribution in [3.63, 3.8) is 0 Å². The summed E-state index contributed by atoms with van der Waals surface area (Å²) in [5.74, 6) is 0.309. The number of fused-ring (bicyclic) bond motifs is 2. The number of urea groups is 1. The van der Waals surface area contributed by atoms with Crippen molar-refractivity contribution in [3.8, 4) is 5.75 Å². The molecule has 0 saturated carbocycles. The Morgan fingerprint density at radius 3 is 2.36 bits per heavy atom. The van der Waals surface area contributed by atoms with E-state index in [4.69, 9.17) is 0 Å². The fourth-order valence-electron chi connectivity index (χ4n) is 5.36. The van der Waals surface area contributed by atoms with Gasteiger partial charge < -0.3 is 19.4 Å². The average molecular weight is 504 g/mol. The van der Waals surface area contributed by atoms with E-state index in [1.807, 2.05) is 14.7 Å². The van der Waals surface area contributed by atoms with Gasteiger partial charge in [-0.05, 0) is 48.4 Å². The Labute approximate surface area is 206 Å². The van der Waals surface area contributed by atoms with E-state index in [9.17, 15) is 22.8 Å². The van der Waals surface area contributed by atoms with E-state index in [2.05, 4.69) is 14.9 Å². The highest BCUT2D eigenvalue weighted by Gasteiger charge is 2.39. The van der Waals surface area contributed by atoms with Crippen LogP contribution in [0.25, 0.3) is 6.08 Å². The monoisotopic (exact) mass is 503 g/mol. The van der Waals surface area contributed by atoms with Crippen LogP contribution in [-0.4, -0.2) is 75.9 Å². The third kappa shape index (κ3) is 5.50. The summed E-state index contributed by atoms with van der Waals surface area (Å²) in [6.45, 7) is 3.93. The first-order valence-electron chi connectivity index (χ1n) is 12.1. The molecule has 0 spiro atoms.